The van der Waals surface area contributed by atoms with Crippen LogP contribution in [0.4, 0.5) is 0 Å². The lowest BCUT2D eigenvalue weighted by Crippen LogP contribution is -2.21. The van der Waals surface area contributed by atoms with Gasteiger partial charge < -0.3 is 9.72 Å². The third-order valence-corrected chi connectivity index (χ3v) is 2.44. The lowest BCUT2D eigenvalue weighted by molar-refractivity contribution is 0.00999. The summed E-state index contributed by atoms with van der Waals surface area (Å²) in [5, 5.41) is 0. The second kappa shape index (κ2) is 2.96. The van der Waals surface area contributed by atoms with Crippen LogP contribution in [-0.2, 0) is 10.3 Å². The van der Waals surface area contributed by atoms with Crippen LogP contribution in [0.25, 0.3) is 0 Å². The van der Waals surface area contributed by atoms with Gasteiger partial charge in [-0.25, -0.2) is 4.98 Å². The SMILES string of the molecule is CC1(c2ncc(C=O)[nH]2)CCCO1. The van der Waals surface area contributed by atoms with E-state index in [1.165, 1.54) is 6.20 Å². The Morgan fingerprint density at radius 3 is 3.15 bits per heavy atom. The average molecular weight is 180 g/mol. The van der Waals surface area contributed by atoms with Gasteiger partial charge in [-0.05, 0) is 19.8 Å². The Morgan fingerprint density at radius 2 is 2.62 bits per heavy atom. The molecule has 1 unspecified atom stereocenters. The summed E-state index contributed by atoms with van der Waals surface area (Å²) in [5.41, 5.74) is 0.188. The fourth-order valence-corrected chi connectivity index (χ4v) is 1.63. The second-order valence-electron chi connectivity index (χ2n) is 3.49. The molecule has 1 aliphatic rings. The predicted octanol–water partition coefficient (Wildman–Crippen LogP) is 1.25. The number of nitrogens with one attached hydrogen (secondary N) is 1. The van der Waals surface area contributed by atoms with Gasteiger partial charge in [0.05, 0.1) is 11.9 Å². The number of hydrogen-bond donors (Lipinski definition) is 1. The van der Waals surface area contributed by atoms with Gasteiger partial charge >= 0.3 is 0 Å². The van der Waals surface area contributed by atoms with Gasteiger partial charge in [-0.3, -0.25) is 4.79 Å². The largest absolute Gasteiger partial charge is 0.367 e. The molecule has 4 heteroatoms. The highest BCUT2D eigenvalue weighted by molar-refractivity contribution is 5.71. The van der Waals surface area contributed by atoms with Gasteiger partial charge in [0, 0.05) is 6.61 Å². The number of carbonyl (C=O) groups is 1. The lowest BCUT2D eigenvalue weighted by atomic mass is 10.0. The minimum absolute atomic E-state index is 0.318. The van der Waals surface area contributed by atoms with Crippen LogP contribution in [0.1, 0.15) is 36.1 Å². The summed E-state index contributed by atoms with van der Waals surface area (Å²) in [7, 11) is 0. The van der Waals surface area contributed by atoms with Crippen molar-refractivity contribution < 1.29 is 9.53 Å². The van der Waals surface area contributed by atoms with Crippen molar-refractivity contribution in [3.63, 3.8) is 0 Å². The van der Waals surface area contributed by atoms with Crippen LogP contribution < -0.4 is 0 Å². The Balaban J connectivity index is 2.28. The standard InChI is InChI=1S/C9H12N2O2/c1-9(3-2-4-13-9)8-10-5-7(6-12)11-8/h5-6H,2-4H2,1H3,(H,10,11). The number of hydrogen-bond acceptors (Lipinski definition) is 3. The molecule has 1 saturated heterocycles. The van der Waals surface area contributed by atoms with E-state index in [0.29, 0.717) is 5.69 Å². The molecule has 1 aliphatic heterocycles. The maximum Gasteiger partial charge on any atom is 0.167 e. The van der Waals surface area contributed by atoms with Crippen LogP contribution in [0.5, 0.6) is 0 Å². The van der Waals surface area contributed by atoms with Crippen LogP contribution in [-0.4, -0.2) is 22.9 Å². The van der Waals surface area contributed by atoms with Crippen molar-refractivity contribution in [1.29, 1.82) is 0 Å². The average Bonchev–Trinajstić information content (AvgIpc) is 2.72. The molecule has 0 saturated carbocycles. The fourth-order valence-electron chi connectivity index (χ4n) is 1.63. The van der Waals surface area contributed by atoms with Crippen molar-refractivity contribution in [2.45, 2.75) is 25.4 Å². The van der Waals surface area contributed by atoms with Crippen LogP contribution >= 0.6 is 0 Å². The molecule has 13 heavy (non-hydrogen) atoms. The normalized spacial score (nSPS) is 27.8. The molecule has 0 spiro atoms. The molecule has 0 aliphatic carbocycles. The fraction of sp³-hybridized carbons (Fsp3) is 0.556. The molecule has 1 aromatic rings. The quantitative estimate of drug-likeness (QED) is 0.697. The Morgan fingerprint density at radius 1 is 1.77 bits per heavy atom. The summed E-state index contributed by atoms with van der Waals surface area (Å²) in [6, 6.07) is 0. The van der Waals surface area contributed by atoms with Crippen LogP contribution in [0.15, 0.2) is 6.20 Å². The summed E-state index contributed by atoms with van der Waals surface area (Å²) < 4.78 is 5.57. The number of aldehydes is 1. The third-order valence-electron chi connectivity index (χ3n) is 2.44. The zero-order valence-corrected chi connectivity index (χ0v) is 7.54. The molecule has 0 amide bonds. The van der Waals surface area contributed by atoms with E-state index in [4.69, 9.17) is 4.74 Å². The molecular weight excluding hydrogens is 168 g/mol. The van der Waals surface area contributed by atoms with E-state index in [0.717, 1.165) is 31.6 Å². The molecule has 4 nitrogen and oxygen atoms in total. The Bertz CT molecular complexity index is 313. The van der Waals surface area contributed by atoms with Gasteiger partial charge in [-0.2, -0.15) is 0 Å². The first kappa shape index (κ1) is 8.44. The number of nitrogens with zero attached hydrogens (tertiary/aromatic N) is 1. The highest BCUT2D eigenvalue weighted by Crippen LogP contribution is 2.33. The highest BCUT2D eigenvalue weighted by atomic mass is 16.5. The molecule has 70 valence electrons. The summed E-state index contributed by atoms with van der Waals surface area (Å²) in [6.07, 6.45) is 4.30. The lowest BCUT2D eigenvalue weighted by Gasteiger charge is -2.19. The Labute approximate surface area is 76.3 Å². The number of H-pyrrole nitrogens is 1. The van der Waals surface area contributed by atoms with Crippen LogP contribution in [0.2, 0.25) is 0 Å². The Kier molecular flexibility index (Phi) is 1.92. The monoisotopic (exact) mass is 180 g/mol. The molecule has 2 rings (SSSR count). The number of imidazole rings is 1. The predicted molar refractivity (Wildman–Crippen MR) is 46.5 cm³/mol. The first-order valence-electron chi connectivity index (χ1n) is 4.39. The van der Waals surface area contributed by atoms with Crippen LogP contribution in [0.3, 0.4) is 0 Å². The molecular formula is C9H12N2O2. The van der Waals surface area contributed by atoms with E-state index in [-0.39, 0.29) is 5.60 Å². The molecule has 1 fully saturated rings. The summed E-state index contributed by atoms with van der Waals surface area (Å²) in [5.74, 6) is 0.757. The van der Waals surface area contributed by atoms with Gasteiger partial charge in [0.15, 0.2) is 6.29 Å². The molecule has 0 radical (unpaired) electrons. The van der Waals surface area contributed by atoms with Crippen LogP contribution in [0, 0.1) is 0 Å². The minimum Gasteiger partial charge on any atom is -0.367 e. The number of carbonyl (C=O) groups excluding carboxylic acids is 1. The van der Waals surface area contributed by atoms with Crippen molar-refractivity contribution in [3.8, 4) is 0 Å². The van der Waals surface area contributed by atoms with E-state index in [1.54, 1.807) is 0 Å². The molecule has 1 atom stereocenters. The number of aromatic nitrogens is 2. The topological polar surface area (TPSA) is 55.0 Å². The maximum atomic E-state index is 10.4. The van der Waals surface area contributed by atoms with Crippen molar-refractivity contribution in [1.82, 2.24) is 9.97 Å². The molecule has 0 aromatic carbocycles. The zero-order valence-electron chi connectivity index (χ0n) is 7.54. The molecule has 0 bridgehead atoms. The zero-order chi connectivity index (χ0) is 9.31. The number of ether oxygens (including phenoxy) is 1. The van der Waals surface area contributed by atoms with Gasteiger partial charge in [0.25, 0.3) is 0 Å². The van der Waals surface area contributed by atoms with Crippen molar-refractivity contribution >= 4 is 6.29 Å². The van der Waals surface area contributed by atoms with Gasteiger partial charge in [-0.15, -0.1) is 0 Å². The summed E-state index contributed by atoms with van der Waals surface area (Å²) >= 11 is 0. The van der Waals surface area contributed by atoms with E-state index in [2.05, 4.69) is 9.97 Å². The van der Waals surface area contributed by atoms with Crippen molar-refractivity contribution in [2.24, 2.45) is 0 Å². The van der Waals surface area contributed by atoms with Crippen molar-refractivity contribution in [2.75, 3.05) is 6.61 Å². The van der Waals surface area contributed by atoms with Gasteiger partial charge in [-0.1, -0.05) is 0 Å². The van der Waals surface area contributed by atoms with Crippen molar-refractivity contribution in [3.05, 3.63) is 17.7 Å². The van der Waals surface area contributed by atoms with E-state index in [1.807, 2.05) is 6.92 Å². The third kappa shape index (κ3) is 1.37. The van der Waals surface area contributed by atoms with E-state index in [9.17, 15) is 4.79 Å². The summed E-state index contributed by atoms with van der Waals surface area (Å²) in [6.45, 7) is 2.76. The van der Waals surface area contributed by atoms with Gasteiger partial charge in [0.2, 0.25) is 0 Å². The van der Waals surface area contributed by atoms with E-state index < -0.39 is 0 Å². The smallest absolute Gasteiger partial charge is 0.167 e. The van der Waals surface area contributed by atoms with E-state index >= 15 is 0 Å². The maximum absolute atomic E-state index is 10.4. The van der Waals surface area contributed by atoms with Gasteiger partial charge in [0.1, 0.15) is 11.4 Å². The minimum atomic E-state index is -0.318. The summed E-state index contributed by atoms with van der Waals surface area (Å²) in [4.78, 5) is 17.5. The first-order valence-corrected chi connectivity index (χ1v) is 4.39. The number of aromatic amines is 1. The Hall–Kier alpha value is -1.16. The molecule has 1 N–H and O–H groups in total. The molecule has 1 aromatic heterocycles. The first-order chi connectivity index (χ1) is 6.24. The number of rotatable bonds is 2. The second-order valence-corrected chi connectivity index (χ2v) is 3.49. The highest BCUT2D eigenvalue weighted by Gasteiger charge is 2.34. The molecule has 2 heterocycles.